The van der Waals surface area contributed by atoms with Crippen molar-refractivity contribution in [2.75, 3.05) is 17.7 Å². The van der Waals surface area contributed by atoms with Gasteiger partial charge in [-0.1, -0.05) is 6.92 Å². The Bertz CT molecular complexity index is 918. The summed E-state index contributed by atoms with van der Waals surface area (Å²) in [5.74, 6) is 1.05. The zero-order valence-electron chi connectivity index (χ0n) is 15.2. The van der Waals surface area contributed by atoms with E-state index in [2.05, 4.69) is 6.92 Å². The Morgan fingerprint density at radius 1 is 1.35 bits per heavy atom. The van der Waals surface area contributed by atoms with Gasteiger partial charge in [-0.15, -0.1) is 11.3 Å². The van der Waals surface area contributed by atoms with Gasteiger partial charge < -0.3 is 15.4 Å². The second-order valence-corrected chi connectivity index (χ2v) is 8.40. The molecule has 1 aromatic heterocycles. The van der Waals surface area contributed by atoms with Gasteiger partial charge in [-0.3, -0.25) is 9.59 Å². The van der Waals surface area contributed by atoms with Crippen LogP contribution in [-0.4, -0.2) is 24.8 Å². The molecule has 2 aromatic rings. The van der Waals surface area contributed by atoms with E-state index >= 15 is 0 Å². The van der Waals surface area contributed by atoms with Gasteiger partial charge in [0.05, 0.1) is 16.3 Å². The monoisotopic (exact) mass is 370 g/mol. The normalized spacial score (nSPS) is 21.8. The number of thiophene rings is 1. The standard InChI is InChI=1S/C20H22N2O3S/c1-10-4-6-13-16(8-10)26-19(21)17(13)18(23)12-5-7-15-14(9-12)22(3)20(24)11(2)25-15/h5,7,9-11H,4,6,8,21H2,1-3H3. The molecule has 0 radical (unpaired) electrons. The molecule has 2 unspecified atom stereocenters. The summed E-state index contributed by atoms with van der Waals surface area (Å²) >= 11 is 1.54. The summed E-state index contributed by atoms with van der Waals surface area (Å²) in [4.78, 5) is 28.2. The van der Waals surface area contributed by atoms with Crippen LogP contribution in [0.25, 0.3) is 0 Å². The third kappa shape index (κ3) is 2.60. The van der Waals surface area contributed by atoms with Crippen LogP contribution in [0.2, 0.25) is 0 Å². The fraction of sp³-hybridized carbons (Fsp3) is 0.400. The predicted octanol–water partition coefficient (Wildman–Crippen LogP) is 3.43. The highest BCUT2D eigenvalue weighted by Gasteiger charge is 2.31. The zero-order chi connectivity index (χ0) is 18.6. The molecule has 0 saturated heterocycles. The van der Waals surface area contributed by atoms with Crippen LogP contribution in [0.3, 0.4) is 0 Å². The highest BCUT2D eigenvalue weighted by molar-refractivity contribution is 7.16. The van der Waals surface area contributed by atoms with Crippen LogP contribution in [0.4, 0.5) is 10.7 Å². The molecule has 6 heteroatoms. The Hall–Kier alpha value is -2.34. The lowest BCUT2D eigenvalue weighted by Gasteiger charge is -2.30. The van der Waals surface area contributed by atoms with Gasteiger partial charge in [0.2, 0.25) is 0 Å². The molecule has 1 aromatic carbocycles. The smallest absolute Gasteiger partial charge is 0.267 e. The predicted molar refractivity (Wildman–Crippen MR) is 103 cm³/mol. The van der Waals surface area contributed by atoms with Crippen molar-refractivity contribution in [2.45, 2.75) is 39.2 Å². The fourth-order valence-corrected chi connectivity index (χ4v) is 5.10. The first-order valence-corrected chi connectivity index (χ1v) is 9.71. The number of ketones is 1. The number of amides is 1. The summed E-state index contributed by atoms with van der Waals surface area (Å²) < 4.78 is 5.64. The summed E-state index contributed by atoms with van der Waals surface area (Å²) in [6.07, 6.45) is 2.45. The van der Waals surface area contributed by atoms with Gasteiger partial charge in [-0.25, -0.2) is 0 Å². The molecule has 136 valence electrons. The fourth-order valence-electron chi connectivity index (χ4n) is 3.82. The highest BCUT2D eigenvalue weighted by Crippen LogP contribution is 2.40. The maximum Gasteiger partial charge on any atom is 0.267 e. The van der Waals surface area contributed by atoms with E-state index in [1.54, 1.807) is 48.4 Å². The highest BCUT2D eigenvalue weighted by atomic mass is 32.1. The second-order valence-electron chi connectivity index (χ2n) is 7.26. The van der Waals surface area contributed by atoms with Crippen LogP contribution in [0, 0.1) is 5.92 Å². The third-order valence-electron chi connectivity index (χ3n) is 5.33. The molecular weight excluding hydrogens is 348 g/mol. The largest absolute Gasteiger partial charge is 0.479 e. The first-order chi connectivity index (χ1) is 12.4. The topological polar surface area (TPSA) is 72.6 Å². The Morgan fingerprint density at radius 2 is 2.12 bits per heavy atom. The molecule has 1 aliphatic heterocycles. The molecule has 2 N–H and O–H groups in total. The number of likely N-dealkylation sites (N-methyl/N-ethyl adjacent to an activating group) is 1. The van der Waals surface area contributed by atoms with Crippen LogP contribution in [0.15, 0.2) is 18.2 Å². The quantitative estimate of drug-likeness (QED) is 0.822. The van der Waals surface area contributed by atoms with Crippen molar-refractivity contribution < 1.29 is 14.3 Å². The number of carbonyl (C=O) groups is 2. The van der Waals surface area contributed by atoms with E-state index in [4.69, 9.17) is 10.5 Å². The van der Waals surface area contributed by atoms with Gasteiger partial charge in [0.1, 0.15) is 5.75 Å². The number of carbonyl (C=O) groups excluding carboxylic acids is 2. The van der Waals surface area contributed by atoms with Crippen LogP contribution in [0.5, 0.6) is 5.75 Å². The number of nitrogen functional groups attached to an aromatic ring is 1. The number of ether oxygens (including phenoxy) is 1. The number of fused-ring (bicyclic) bond motifs is 2. The summed E-state index contributed by atoms with van der Waals surface area (Å²) in [6.45, 7) is 3.96. The average Bonchev–Trinajstić information content (AvgIpc) is 2.93. The molecule has 2 atom stereocenters. The van der Waals surface area contributed by atoms with Gasteiger partial charge in [0.25, 0.3) is 5.91 Å². The number of benzene rings is 1. The molecule has 0 spiro atoms. The Balaban J connectivity index is 1.74. The van der Waals surface area contributed by atoms with Gasteiger partial charge >= 0.3 is 0 Å². The summed E-state index contributed by atoms with van der Waals surface area (Å²) in [6, 6.07) is 5.25. The molecular formula is C20H22N2O3S. The van der Waals surface area contributed by atoms with Crippen molar-refractivity contribution in [3.05, 3.63) is 39.8 Å². The van der Waals surface area contributed by atoms with Crippen molar-refractivity contribution in [1.29, 1.82) is 0 Å². The molecule has 1 aliphatic carbocycles. The van der Waals surface area contributed by atoms with Crippen LogP contribution in [-0.2, 0) is 17.6 Å². The van der Waals surface area contributed by atoms with E-state index in [1.807, 2.05) is 0 Å². The molecule has 2 heterocycles. The van der Waals surface area contributed by atoms with E-state index in [1.165, 1.54) is 4.88 Å². The lowest BCUT2D eigenvalue weighted by molar-refractivity contribution is -0.125. The van der Waals surface area contributed by atoms with Gasteiger partial charge in [0.15, 0.2) is 11.9 Å². The SMILES string of the molecule is CC1CCc2c(sc(N)c2C(=O)c2ccc3c(c2)N(C)C(=O)C(C)O3)C1. The van der Waals surface area contributed by atoms with E-state index in [0.29, 0.717) is 33.5 Å². The molecule has 1 amide bonds. The van der Waals surface area contributed by atoms with Gasteiger partial charge in [-0.05, 0) is 55.9 Å². The minimum absolute atomic E-state index is 0.0724. The van der Waals surface area contributed by atoms with E-state index in [9.17, 15) is 9.59 Å². The van der Waals surface area contributed by atoms with Crippen molar-refractivity contribution >= 4 is 33.7 Å². The van der Waals surface area contributed by atoms with E-state index in [0.717, 1.165) is 24.8 Å². The maximum atomic E-state index is 13.2. The summed E-state index contributed by atoms with van der Waals surface area (Å²) in [5.41, 5.74) is 9.14. The number of hydrogen-bond donors (Lipinski definition) is 1. The molecule has 0 bridgehead atoms. The Kier molecular flexibility index (Phi) is 4.03. The molecule has 0 fully saturated rings. The number of anilines is 2. The minimum Gasteiger partial charge on any atom is -0.479 e. The summed E-state index contributed by atoms with van der Waals surface area (Å²) in [7, 11) is 1.71. The lowest BCUT2D eigenvalue weighted by Crippen LogP contribution is -2.42. The minimum atomic E-state index is -0.518. The van der Waals surface area contributed by atoms with Gasteiger partial charge in [-0.2, -0.15) is 0 Å². The van der Waals surface area contributed by atoms with Crippen molar-refractivity contribution in [2.24, 2.45) is 5.92 Å². The number of nitrogens with zero attached hydrogens (tertiary/aromatic N) is 1. The van der Waals surface area contributed by atoms with Crippen LogP contribution in [0.1, 0.15) is 46.6 Å². The summed E-state index contributed by atoms with van der Waals surface area (Å²) in [5, 5.41) is 0.598. The first kappa shape index (κ1) is 17.1. The number of nitrogens with two attached hydrogens (primary N) is 1. The van der Waals surface area contributed by atoms with Crippen molar-refractivity contribution in [3.8, 4) is 5.75 Å². The zero-order valence-corrected chi connectivity index (χ0v) is 16.0. The molecule has 26 heavy (non-hydrogen) atoms. The maximum absolute atomic E-state index is 13.2. The Morgan fingerprint density at radius 3 is 2.88 bits per heavy atom. The number of hydrogen-bond acceptors (Lipinski definition) is 5. The average molecular weight is 370 g/mol. The number of rotatable bonds is 2. The van der Waals surface area contributed by atoms with E-state index in [-0.39, 0.29) is 11.7 Å². The van der Waals surface area contributed by atoms with E-state index < -0.39 is 6.10 Å². The molecule has 0 saturated carbocycles. The molecule has 5 nitrogen and oxygen atoms in total. The van der Waals surface area contributed by atoms with Crippen molar-refractivity contribution in [1.82, 2.24) is 0 Å². The van der Waals surface area contributed by atoms with Gasteiger partial charge in [0, 0.05) is 17.5 Å². The van der Waals surface area contributed by atoms with Crippen molar-refractivity contribution in [3.63, 3.8) is 0 Å². The first-order valence-electron chi connectivity index (χ1n) is 8.89. The van der Waals surface area contributed by atoms with Crippen LogP contribution < -0.4 is 15.4 Å². The molecule has 4 rings (SSSR count). The third-order valence-corrected chi connectivity index (χ3v) is 6.41. The molecule has 2 aliphatic rings. The lowest BCUT2D eigenvalue weighted by atomic mass is 9.86. The second kappa shape index (κ2) is 6.13. The van der Waals surface area contributed by atoms with Crippen LogP contribution >= 0.6 is 11.3 Å². The Labute approximate surface area is 156 Å².